The second-order valence-electron chi connectivity index (χ2n) is 6.33. The van der Waals surface area contributed by atoms with E-state index in [0.29, 0.717) is 11.4 Å². The predicted molar refractivity (Wildman–Crippen MR) is 105 cm³/mol. The van der Waals surface area contributed by atoms with Crippen molar-refractivity contribution in [1.82, 2.24) is 4.98 Å². The average molecular weight is 409 g/mol. The predicted octanol–water partition coefficient (Wildman–Crippen LogP) is 4.13. The van der Waals surface area contributed by atoms with Crippen LogP contribution >= 0.6 is 7.60 Å². The molecule has 1 saturated heterocycles. The van der Waals surface area contributed by atoms with Gasteiger partial charge in [0, 0.05) is 30.8 Å². The third kappa shape index (κ3) is 4.27. The molecule has 0 unspecified atom stereocenters. The van der Waals surface area contributed by atoms with Gasteiger partial charge in [-0.1, -0.05) is 0 Å². The van der Waals surface area contributed by atoms with Gasteiger partial charge in [-0.25, -0.2) is 0 Å². The summed E-state index contributed by atoms with van der Waals surface area (Å²) in [4.78, 5) is 16.9. The van der Waals surface area contributed by atoms with Crippen LogP contribution in [0.2, 0.25) is 0 Å². The third-order valence-electron chi connectivity index (χ3n) is 4.42. The SMILES string of the molecule is CCOP(=O)(OCC)c1nc(-c2ccc([N+](=O)[O-])cc2)oc1N1CCCCC1. The number of aromatic nitrogens is 1. The monoisotopic (exact) mass is 409 g/mol. The van der Waals surface area contributed by atoms with Crippen LogP contribution in [0, 0.1) is 10.1 Å². The fourth-order valence-electron chi connectivity index (χ4n) is 3.13. The van der Waals surface area contributed by atoms with Gasteiger partial charge in [-0.3, -0.25) is 14.7 Å². The summed E-state index contributed by atoms with van der Waals surface area (Å²) < 4.78 is 30.3. The molecule has 0 N–H and O–H groups in total. The molecule has 3 rings (SSSR count). The van der Waals surface area contributed by atoms with E-state index in [1.807, 2.05) is 4.90 Å². The molecule has 0 spiro atoms. The van der Waals surface area contributed by atoms with Gasteiger partial charge in [-0.2, -0.15) is 4.98 Å². The zero-order valence-electron chi connectivity index (χ0n) is 16.0. The normalized spacial score (nSPS) is 15.0. The van der Waals surface area contributed by atoms with Gasteiger partial charge in [0.05, 0.1) is 18.1 Å². The van der Waals surface area contributed by atoms with Crippen molar-refractivity contribution < 1.29 is 23.0 Å². The Balaban J connectivity index is 2.06. The van der Waals surface area contributed by atoms with E-state index < -0.39 is 12.5 Å². The second-order valence-corrected chi connectivity index (χ2v) is 8.27. The Labute approximate surface area is 163 Å². The molecule has 1 fully saturated rings. The average Bonchev–Trinajstić information content (AvgIpc) is 3.15. The van der Waals surface area contributed by atoms with E-state index in [4.69, 9.17) is 13.5 Å². The summed E-state index contributed by atoms with van der Waals surface area (Å²) in [5.74, 6) is 0.614. The Bertz CT molecular complexity index is 851. The molecular weight excluding hydrogens is 385 g/mol. The highest BCUT2D eigenvalue weighted by Crippen LogP contribution is 2.50. The molecule has 9 nitrogen and oxygen atoms in total. The van der Waals surface area contributed by atoms with E-state index in [0.717, 1.165) is 32.4 Å². The molecule has 10 heteroatoms. The van der Waals surface area contributed by atoms with Crippen LogP contribution in [0.5, 0.6) is 0 Å². The number of benzene rings is 1. The zero-order chi connectivity index (χ0) is 20.1. The summed E-state index contributed by atoms with van der Waals surface area (Å²) in [5, 5.41) is 10.9. The van der Waals surface area contributed by atoms with Crippen molar-refractivity contribution in [1.29, 1.82) is 0 Å². The number of nitro groups is 1. The molecule has 1 aromatic heterocycles. The van der Waals surface area contributed by atoms with Crippen molar-refractivity contribution in [3.63, 3.8) is 0 Å². The quantitative estimate of drug-likeness (QED) is 0.364. The molecule has 1 aliphatic heterocycles. The van der Waals surface area contributed by atoms with Crippen LogP contribution in [0.25, 0.3) is 11.5 Å². The van der Waals surface area contributed by atoms with Crippen molar-refractivity contribution in [3.05, 3.63) is 34.4 Å². The van der Waals surface area contributed by atoms with Crippen molar-refractivity contribution in [2.75, 3.05) is 31.2 Å². The third-order valence-corrected chi connectivity index (χ3v) is 6.42. The minimum absolute atomic E-state index is 0.0268. The Hall–Kier alpha value is -2.22. The van der Waals surface area contributed by atoms with E-state index >= 15 is 0 Å². The standard InChI is InChI=1S/C18H24N3O6P/c1-3-25-28(24,26-4-2)17-18(20-12-6-5-7-13-20)27-16(19-17)14-8-10-15(11-9-14)21(22)23/h8-11H,3-7,12-13H2,1-2H3. The lowest BCUT2D eigenvalue weighted by Crippen LogP contribution is -2.33. The van der Waals surface area contributed by atoms with Gasteiger partial charge in [-0.15, -0.1) is 0 Å². The molecule has 1 aliphatic rings. The summed E-state index contributed by atoms with van der Waals surface area (Å²) in [6.07, 6.45) is 3.13. The van der Waals surface area contributed by atoms with Gasteiger partial charge in [0.15, 0.2) is 0 Å². The highest BCUT2D eigenvalue weighted by Gasteiger charge is 2.38. The van der Waals surface area contributed by atoms with Crippen molar-refractivity contribution >= 4 is 24.6 Å². The maximum absolute atomic E-state index is 13.4. The van der Waals surface area contributed by atoms with Crippen LogP contribution in [0.4, 0.5) is 11.6 Å². The van der Waals surface area contributed by atoms with Gasteiger partial charge in [0.2, 0.25) is 17.2 Å². The number of hydrogen-bond acceptors (Lipinski definition) is 8. The number of anilines is 1. The zero-order valence-corrected chi connectivity index (χ0v) is 16.9. The molecule has 152 valence electrons. The summed E-state index contributed by atoms with van der Waals surface area (Å²) in [6, 6.07) is 5.87. The summed E-state index contributed by atoms with van der Waals surface area (Å²) >= 11 is 0. The number of piperidine rings is 1. The van der Waals surface area contributed by atoms with Crippen molar-refractivity contribution in [3.8, 4) is 11.5 Å². The molecule has 2 heterocycles. The van der Waals surface area contributed by atoms with E-state index in [-0.39, 0.29) is 30.2 Å². The van der Waals surface area contributed by atoms with Crippen LogP contribution in [-0.2, 0) is 13.6 Å². The van der Waals surface area contributed by atoms with Gasteiger partial charge in [0.25, 0.3) is 5.69 Å². The lowest BCUT2D eigenvalue weighted by molar-refractivity contribution is -0.384. The smallest absolute Gasteiger partial charge is 0.385 e. The molecule has 0 aliphatic carbocycles. The molecular formula is C18H24N3O6P. The van der Waals surface area contributed by atoms with E-state index in [9.17, 15) is 14.7 Å². The maximum Gasteiger partial charge on any atom is 0.385 e. The summed E-state index contributed by atoms with van der Waals surface area (Å²) in [7, 11) is -3.66. The van der Waals surface area contributed by atoms with E-state index in [1.165, 1.54) is 12.1 Å². The highest BCUT2D eigenvalue weighted by molar-refractivity contribution is 7.62. The van der Waals surface area contributed by atoms with Gasteiger partial charge in [-0.05, 0) is 45.2 Å². The largest absolute Gasteiger partial charge is 0.419 e. The number of non-ortho nitro benzene ring substituents is 1. The second kappa shape index (κ2) is 8.86. The van der Waals surface area contributed by atoms with Gasteiger partial charge >= 0.3 is 7.60 Å². The Morgan fingerprint density at radius 2 is 1.75 bits per heavy atom. The molecule has 0 radical (unpaired) electrons. The first-order valence-electron chi connectivity index (χ1n) is 9.38. The van der Waals surface area contributed by atoms with Gasteiger partial charge in [0.1, 0.15) is 0 Å². The first kappa shape index (κ1) is 20.5. The number of nitro benzene ring substituents is 1. The lowest BCUT2D eigenvalue weighted by atomic mass is 10.1. The molecule has 28 heavy (non-hydrogen) atoms. The minimum Gasteiger partial charge on any atom is -0.419 e. The topological polar surface area (TPSA) is 108 Å². The van der Waals surface area contributed by atoms with Crippen molar-refractivity contribution in [2.45, 2.75) is 33.1 Å². The van der Waals surface area contributed by atoms with Crippen LogP contribution in [0.15, 0.2) is 28.7 Å². The van der Waals surface area contributed by atoms with Crippen LogP contribution in [0.3, 0.4) is 0 Å². The Morgan fingerprint density at radius 1 is 1.14 bits per heavy atom. The number of oxazole rings is 1. The minimum atomic E-state index is -3.66. The van der Waals surface area contributed by atoms with E-state index in [2.05, 4.69) is 4.98 Å². The number of hydrogen-bond donors (Lipinski definition) is 0. The molecule has 0 saturated carbocycles. The molecule has 0 amide bonds. The van der Waals surface area contributed by atoms with Gasteiger partial charge < -0.3 is 18.4 Å². The summed E-state index contributed by atoms with van der Waals surface area (Å²) in [5.41, 5.74) is 0.683. The van der Waals surface area contributed by atoms with Crippen LogP contribution in [0.1, 0.15) is 33.1 Å². The Morgan fingerprint density at radius 3 is 2.29 bits per heavy atom. The molecule has 0 atom stereocenters. The first-order valence-corrected chi connectivity index (χ1v) is 10.9. The number of rotatable bonds is 8. The van der Waals surface area contributed by atoms with Crippen molar-refractivity contribution in [2.24, 2.45) is 0 Å². The molecule has 2 aromatic rings. The molecule has 1 aromatic carbocycles. The van der Waals surface area contributed by atoms with Crippen LogP contribution < -0.4 is 10.3 Å². The number of nitrogens with zero attached hydrogens (tertiary/aromatic N) is 3. The highest BCUT2D eigenvalue weighted by atomic mass is 31.2. The molecule has 0 bridgehead atoms. The Kier molecular flexibility index (Phi) is 6.49. The first-order chi connectivity index (χ1) is 13.5. The lowest BCUT2D eigenvalue weighted by Gasteiger charge is -2.27. The fourth-order valence-corrected chi connectivity index (χ4v) is 4.77. The summed E-state index contributed by atoms with van der Waals surface area (Å²) in [6.45, 7) is 5.42. The fraction of sp³-hybridized carbons (Fsp3) is 0.500. The van der Waals surface area contributed by atoms with E-state index in [1.54, 1.807) is 26.0 Å². The maximum atomic E-state index is 13.4. The van der Waals surface area contributed by atoms with Crippen LogP contribution in [-0.4, -0.2) is 36.2 Å².